The van der Waals surface area contributed by atoms with Gasteiger partial charge in [-0.3, -0.25) is 14.9 Å². The van der Waals surface area contributed by atoms with Crippen molar-refractivity contribution in [3.63, 3.8) is 0 Å². The van der Waals surface area contributed by atoms with Crippen molar-refractivity contribution in [3.05, 3.63) is 64.2 Å². The maximum atomic E-state index is 12.7. The highest BCUT2D eigenvalue weighted by Gasteiger charge is 2.34. The maximum absolute atomic E-state index is 12.7. The number of hydrogen-bond acceptors (Lipinski definition) is 6. The second-order valence-corrected chi connectivity index (χ2v) is 9.82. The lowest BCUT2D eigenvalue weighted by molar-refractivity contribution is -0.117. The molecule has 31 heavy (non-hydrogen) atoms. The average molecular weight is 453 g/mol. The zero-order valence-electron chi connectivity index (χ0n) is 17.7. The number of thioether (sulfide) groups is 1. The Bertz CT molecular complexity index is 1130. The van der Waals surface area contributed by atoms with Gasteiger partial charge in [-0.15, -0.1) is 22.0 Å². The summed E-state index contributed by atoms with van der Waals surface area (Å²) in [5.41, 5.74) is 3.91. The maximum Gasteiger partial charge on any atom is 0.258 e. The van der Waals surface area contributed by atoms with Gasteiger partial charge in [-0.2, -0.15) is 0 Å². The molecule has 1 atom stereocenters. The molecule has 2 amide bonds. The number of carbonyl (C=O) groups is 2. The minimum Gasteiger partial charge on any atom is -0.312 e. The Morgan fingerprint density at radius 1 is 1.19 bits per heavy atom. The van der Waals surface area contributed by atoms with Crippen LogP contribution in [0.1, 0.15) is 45.8 Å². The number of anilines is 2. The summed E-state index contributed by atoms with van der Waals surface area (Å²) in [6, 6.07) is 13.6. The third kappa shape index (κ3) is 4.65. The van der Waals surface area contributed by atoms with Crippen LogP contribution in [-0.2, 0) is 4.79 Å². The van der Waals surface area contributed by atoms with Crippen molar-refractivity contribution in [3.8, 4) is 0 Å². The number of benzene rings is 2. The first-order valence-electron chi connectivity index (χ1n) is 10.2. The van der Waals surface area contributed by atoms with E-state index in [4.69, 9.17) is 0 Å². The third-order valence-electron chi connectivity index (χ3n) is 5.37. The van der Waals surface area contributed by atoms with E-state index < -0.39 is 0 Å². The molecule has 3 aromatic rings. The normalized spacial score (nSPS) is 16.0. The van der Waals surface area contributed by atoms with Gasteiger partial charge in [0.05, 0.1) is 5.56 Å². The van der Waals surface area contributed by atoms with Crippen LogP contribution in [0.15, 0.2) is 47.4 Å². The molecule has 2 aromatic carbocycles. The summed E-state index contributed by atoms with van der Waals surface area (Å²) in [5, 5.41) is 12.5. The van der Waals surface area contributed by atoms with Crippen molar-refractivity contribution in [2.45, 2.75) is 38.0 Å². The fourth-order valence-corrected chi connectivity index (χ4v) is 5.20. The van der Waals surface area contributed by atoms with Gasteiger partial charge in [0.15, 0.2) is 0 Å². The molecule has 0 spiro atoms. The van der Waals surface area contributed by atoms with Crippen molar-refractivity contribution in [2.24, 2.45) is 0 Å². The topological polar surface area (TPSA) is 75.2 Å². The Kier molecular flexibility index (Phi) is 6.38. The first kappa shape index (κ1) is 21.5. The summed E-state index contributed by atoms with van der Waals surface area (Å²) in [5.74, 6) is 0.748. The van der Waals surface area contributed by atoms with Gasteiger partial charge in [-0.25, -0.2) is 0 Å². The molecule has 160 valence electrons. The Balaban J connectivity index is 1.46. The summed E-state index contributed by atoms with van der Waals surface area (Å²) in [6.07, 6.45) is 0.394. The summed E-state index contributed by atoms with van der Waals surface area (Å²) < 4.78 is 0. The molecule has 1 unspecified atom stereocenters. The molecule has 6 nitrogen and oxygen atoms in total. The van der Waals surface area contributed by atoms with Gasteiger partial charge in [0.25, 0.3) is 5.91 Å². The standard InChI is InChI=1S/C23H24N4O2S2/c1-4-30-19-8-6-5-7-18(19)21(29)24-23-26-25-22(31-23)16-12-20(28)27(13-16)17-10-9-14(2)15(3)11-17/h5-11,16H,4,12-13H2,1-3H3,(H,24,26,29). The minimum absolute atomic E-state index is 0.0276. The van der Waals surface area contributed by atoms with E-state index in [0.717, 1.165) is 26.9 Å². The van der Waals surface area contributed by atoms with E-state index >= 15 is 0 Å². The van der Waals surface area contributed by atoms with Gasteiger partial charge >= 0.3 is 0 Å². The molecule has 1 fully saturated rings. The van der Waals surface area contributed by atoms with Crippen LogP contribution in [-0.4, -0.2) is 34.3 Å². The second-order valence-electron chi connectivity index (χ2n) is 7.50. The van der Waals surface area contributed by atoms with Crippen LogP contribution in [0.4, 0.5) is 10.8 Å². The monoisotopic (exact) mass is 452 g/mol. The first-order valence-corrected chi connectivity index (χ1v) is 12.0. The van der Waals surface area contributed by atoms with Gasteiger partial charge in [0, 0.05) is 29.5 Å². The van der Waals surface area contributed by atoms with E-state index in [9.17, 15) is 9.59 Å². The lowest BCUT2D eigenvalue weighted by Crippen LogP contribution is -2.24. The number of carbonyl (C=O) groups excluding carboxylic acids is 2. The van der Waals surface area contributed by atoms with E-state index in [-0.39, 0.29) is 17.7 Å². The minimum atomic E-state index is -0.196. The summed E-state index contributed by atoms with van der Waals surface area (Å²) >= 11 is 2.97. The van der Waals surface area contributed by atoms with E-state index in [1.165, 1.54) is 16.9 Å². The summed E-state index contributed by atoms with van der Waals surface area (Å²) in [4.78, 5) is 28.1. The van der Waals surface area contributed by atoms with Crippen molar-refractivity contribution in [1.29, 1.82) is 0 Å². The molecule has 0 bridgehead atoms. The Labute approximate surface area is 190 Å². The van der Waals surface area contributed by atoms with Crippen LogP contribution in [0.25, 0.3) is 0 Å². The van der Waals surface area contributed by atoms with Crippen molar-refractivity contribution in [1.82, 2.24) is 10.2 Å². The van der Waals surface area contributed by atoms with Crippen LogP contribution in [0.5, 0.6) is 0 Å². The van der Waals surface area contributed by atoms with Gasteiger partial charge in [-0.1, -0.05) is 36.5 Å². The average Bonchev–Trinajstić information content (AvgIpc) is 3.37. The fourth-order valence-electron chi connectivity index (χ4n) is 3.57. The summed E-state index contributed by atoms with van der Waals surface area (Å²) in [7, 11) is 0. The molecule has 1 aliphatic rings. The largest absolute Gasteiger partial charge is 0.312 e. The highest BCUT2D eigenvalue weighted by molar-refractivity contribution is 7.99. The first-order chi connectivity index (χ1) is 15.0. The Morgan fingerprint density at radius 3 is 2.77 bits per heavy atom. The number of nitrogens with one attached hydrogen (secondary N) is 1. The predicted molar refractivity (Wildman–Crippen MR) is 126 cm³/mol. The van der Waals surface area contributed by atoms with Gasteiger partial charge < -0.3 is 4.90 Å². The predicted octanol–water partition coefficient (Wildman–Crippen LogP) is 5.04. The van der Waals surface area contributed by atoms with Gasteiger partial charge in [-0.05, 0) is 55.0 Å². The lowest BCUT2D eigenvalue weighted by atomic mass is 10.1. The molecule has 8 heteroatoms. The number of aromatic nitrogens is 2. The Morgan fingerprint density at radius 2 is 2.00 bits per heavy atom. The van der Waals surface area contributed by atoms with E-state index in [0.29, 0.717) is 23.7 Å². The molecule has 1 aromatic heterocycles. The molecule has 2 heterocycles. The molecule has 0 aliphatic carbocycles. The molecular formula is C23H24N4O2S2. The summed E-state index contributed by atoms with van der Waals surface area (Å²) in [6.45, 7) is 6.73. The molecule has 1 N–H and O–H groups in total. The van der Waals surface area contributed by atoms with Crippen molar-refractivity contribution < 1.29 is 9.59 Å². The van der Waals surface area contributed by atoms with Crippen LogP contribution in [0.2, 0.25) is 0 Å². The highest BCUT2D eigenvalue weighted by Crippen LogP contribution is 2.35. The molecule has 0 saturated carbocycles. The number of aryl methyl sites for hydroxylation is 2. The van der Waals surface area contributed by atoms with E-state index in [1.807, 2.05) is 54.3 Å². The second kappa shape index (κ2) is 9.20. The molecule has 4 rings (SSSR count). The van der Waals surface area contributed by atoms with Gasteiger partial charge in [0.1, 0.15) is 5.01 Å². The molecule has 0 radical (unpaired) electrons. The number of amides is 2. The van der Waals surface area contributed by atoms with Crippen LogP contribution in [0, 0.1) is 13.8 Å². The molecule has 1 aliphatic heterocycles. The molecular weight excluding hydrogens is 428 g/mol. The van der Waals surface area contributed by atoms with E-state index in [1.54, 1.807) is 11.8 Å². The third-order valence-corrected chi connectivity index (χ3v) is 7.33. The van der Waals surface area contributed by atoms with Crippen LogP contribution in [0.3, 0.4) is 0 Å². The van der Waals surface area contributed by atoms with Crippen molar-refractivity contribution in [2.75, 3.05) is 22.5 Å². The van der Waals surface area contributed by atoms with Gasteiger partial charge in [0.2, 0.25) is 11.0 Å². The number of nitrogens with zero attached hydrogens (tertiary/aromatic N) is 3. The Hall–Kier alpha value is -2.71. The van der Waals surface area contributed by atoms with E-state index in [2.05, 4.69) is 29.4 Å². The SMILES string of the molecule is CCSc1ccccc1C(=O)Nc1nnc(C2CC(=O)N(c3ccc(C)c(C)c3)C2)s1. The highest BCUT2D eigenvalue weighted by atomic mass is 32.2. The zero-order valence-corrected chi connectivity index (χ0v) is 19.3. The van der Waals surface area contributed by atoms with Crippen LogP contribution < -0.4 is 10.2 Å². The number of hydrogen-bond donors (Lipinski definition) is 1. The number of rotatable bonds is 6. The van der Waals surface area contributed by atoms with Crippen LogP contribution >= 0.6 is 23.1 Å². The lowest BCUT2D eigenvalue weighted by Gasteiger charge is -2.17. The zero-order chi connectivity index (χ0) is 22.0. The molecule has 1 saturated heterocycles. The smallest absolute Gasteiger partial charge is 0.258 e. The fraction of sp³-hybridized carbons (Fsp3) is 0.304. The van der Waals surface area contributed by atoms with Crippen molar-refractivity contribution >= 4 is 45.7 Å². The quantitative estimate of drug-likeness (QED) is 0.530.